The fourth-order valence-corrected chi connectivity index (χ4v) is 3.81. The number of rotatable bonds is 5. The highest BCUT2D eigenvalue weighted by atomic mass is 35.5. The van der Waals surface area contributed by atoms with Gasteiger partial charge >= 0.3 is 5.97 Å². The minimum Gasteiger partial charge on any atom is -0.479 e. The third-order valence-corrected chi connectivity index (χ3v) is 5.38. The Morgan fingerprint density at radius 1 is 1.13 bits per heavy atom. The monoisotopic (exact) mass is 445 g/mol. The quantitative estimate of drug-likeness (QED) is 0.460. The van der Waals surface area contributed by atoms with Crippen LogP contribution in [0.25, 0.3) is 10.9 Å². The molecule has 2 N–H and O–H groups in total. The van der Waals surface area contributed by atoms with Crippen molar-refractivity contribution >= 4 is 51.7 Å². The maximum Gasteiger partial charge on any atom is 0.344 e. The van der Waals surface area contributed by atoms with Gasteiger partial charge in [-0.15, -0.1) is 0 Å². The third kappa shape index (κ3) is 4.13. The summed E-state index contributed by atoms with van der Waals surface area (Å²) in [5, 5.41) is 14.9. The van der Waals surface area contributed by atoms with Crippen LogP contribution in [0.5, 0.6) is 0 Å². The molecule has 1 aliphatic heterocycles. The summed E-state index contributed by atoms with van der Waals surface area (Å²) in [7, 11) is 0. The molecule has 0 saturated heterocycles. The first kappa shape index (κ1) is 20.3. The van der Waals surface area contributed by atoms with E-state index in [4.69, 9.17) is 33.1 Å². The van der Waals surface area contributed by atoms with Crippen LogP contribution in [-0.4, -0.2) is 45.7 Å². The number of aromatic nitrogens is 1. The van der Waals surface area contributed by atoms with Gasteiger partial charge in [-0.05, 0) is 42.3 Å². The number of amides is 1. The first-order chi connectivity index (χ1) is 14.4. The van der Waals surface area contributed by atoms with E-state index in [1.165, 1.54) is 0 Å². The van der Waals surface area contributed by atoms with E-state index >= 15 is 0 Å². The molecule has 154 valence electrons. The predicted molar refractivity (Wildman–Crippen MR) is 114 cm³/mol. The average Bonchev–Trinajstić information content (AvgIpc) is 3.08. The van der Waals surface area contributed by atoms with Gasteiger partial charge in [-0.25, -0.2) is 4.79 Å². The molecular weight excluding hydrogens is 429 g/mol. The summed E-state index contributed by atoms with van der Waals surface area (Å²) in [4.78, 5) is 33.9. The third-order valence-electron chi connectivity index (χ3n) is 4.89. The van der Waals surface area contributed by atoms with Crippen molar-refractivity contribution in [1.82, 2.24) is 9.88 Å². The number of nitrogens with one attached hydrogen (secondary N) is 1. The van der Waals surface area contributed by atoms with E-state index in [9.17, 15) is 9.59 Å². The van der Waals surface area contributed by atoms with Gasteiger partial charge in [0.15, 0.2) is 5.71 Å². The number of carboxylic acid groups (broad SMARTS) is 1. The zero-order chi connectivity index (χ0) is 21.3. The van der Waals surface area contributed by atoms with Crippen molar-refractivity contribution in [3.63, 3.8) is 0 Å². The number of carbonyl (C=O) groups is 2. The maximum absolute atomic E-state index is 13.2. The Morgan fingerprint density at radius 3 is 2.60 bits per heavy atom. The molecule has 1 amide bonds. The molecule has 0 atom stereocenters. The summed E-state index contributed by atoms with van der Waals surface area (Å²) in [6, 6.07) is 12.2. The molecule has 2 heterocycles. The number of hydrogen-bond acceptors (Lipinski definition) is 4. The van der Waals surface area contributed by atoms with Gasteiger partial charge in [0.2, 0.25) is 6.61 Å². The first-order valence-electron chi connectivity index (χ1n) is 9.18. The number of fused-ring (bicyclic) bond motifs is 3. The van der Waals surface area contributed by atoms with Crippen LogP contribution in [0.2, 0.25) is 10.0 Å². The van der Waals surface area contributed by atoms with Crippen LogP contribution in [-0.2, 0) is 27.4 Å². The Hall–Kier alpha value is -3.03. The lowest BCUT2D eigenvalue weighted by molar-refractivity contribution is -0.142. The molecule has 0 saturated carbocycles. The van der Waals surface area contributed by atoms with Crippen LogP contribution in [0.1, 0.15) is 16.8 Å². The minimum absolute atomic E-state index is 0.0236. The molecule has 0 spiro atoms. The molecule has 1 aromatic heterocycles. The number of H-pyrrole nitrogens is 1. The summed E-state index contributed by atoms with van der Waals surface area (Å²) < 4.78 is 0. The normalized spacial score (nSPS) is 13.9. The highest BCUT2D eigenvalue weighted by molar-refractivity contribution is 6.45. The van der Waals surface area contributed by atoms with Crippen molar-refractivity contribution in [3.8, 4) is 0 Å². The molecule has 30 heavy (non-hydrogen) atoms. The van der Waals surface area contributed by atoms with E-state index in [0.29, 0.717) is 35.1 Å². The number of aromatic amines is 1. The number of benzene rings is 2. The molecule has 0 fully saturated rings. The largest absolute Gasteiger partial charge is 0.479 e. The molecule has 7 nitrogen and oxygen atoms in total. The number of halogens is 2. The van der Waals surface area contributed by atoms with Crippen molar-refractivity contribution < 1.29 is 19.5 Å². The van der Waals surface area contributed by atoms with Gasteiger partial charge in [-0.3, -0.25) is 4.79 Å². The summed E-state index contributed by atoms with van der Waals surface area (Å²) in [5.74, 6) is -1.54. The fraction of sp³-hybridized carbons (Fsp3) is 0.190. The first-order valence-corrected chi connectivity index (χ1v) is 9.94. The lowest BCUT2D eigenvalue weighted by Gasteiger charge is -2.27. The number of hydrogen-bond donors (Lipinski definition) is 2. The van der Waals surface area contributed by atoms with Crippen LogP contribution < -0.4 is 0 Å². The Kier molecular flexibility index (Phi) is 5.65. The number of carboxylic acids is 1. The van der Waals surface area contributed by atoms with E-state index in [2.05, 4.69) is 10.1 Å². The molecular formula is C21H17Cl2N3O4. The zero-order valence-corrected chi connectivity index (χ0v) is 17.2. The topological polar surface area (TPSA) is 95.0 Å². The van der Waals surface area contributed by atoms with E-state index in [1.807, 2.05) is 18.2 Å². The predicted octanol–water partition coefficient (Wildman–Crippen LogP) is 3.86. The molecule has 1 aliphatic rings. The molecule has 0 bridgehead atoms. The van der Waals surface area contributed by atoms with Gasteiger partial charge in [0.05, 0.1) is 6.54 Å². The second-order valence-electron chi connectivity index (χ2n) is 6.86. The SMILES string of the molecule is O=C(O)CO/N=C(/C(=O)N1CCc2c([nH]c3ccc(Cl)cc23)C1)c1ccc(Cl)cc1. The van der Waals surface area contributed by atoms with Gasteiger partial charge in [-0.1, -0.05) is 40.5 Å². The Labute approximate surface area is 181 Å². The van der Waals surface area contributed by atoms with Crippen LogP contribution in [0.4, 0.5) is 0 Å². The van der Waals surface area contributed by atoms with E-state index in [1.54, 1.807) is 29.2 Å². The van der Waals surface area contributed by atoms with Crippen molar-refractivity contribution in [2.75, 3.05) is 13.2 Å². The Bertz CT molecular complexity index is 1160. The number of aliphatic carboxylic acids is 1. The van der Waals surface area contributed by atoms with Gasteiger partial charge in [0.1, 0.15) is 0 Å². The zero-order valence-electron chi connectivity index (χ0n) is 15.7. The smallest absolute Gasteiger partial charge is 0.344 e. The van der Waals surface area contributed by atoms with Gasteiger partial charge in [0, 0.05) is 38.8 Å². The van der Waals surface area contributed by atoms with Crippen LogP contribution >= 0.6 is 23.2 Å². The van der Waals surface area contributed by atoms with Crippen molar-refractivity contribution in [1.29, 1.82) is 0 Å². The van der Waals surface area contributed by atoms with Crippen LogP contribution in [0, 0.1) is 0 Å². The molecule has 3 aromatic rings. The van der Waals surface area contributed by atoms with Gasteiger partial charge in [0.25, 0.3) is 5.91 Å². The lowest BCUT2D eigenvalue weighted by atomic mass is 10.0. The average molecular weight is 446 g/mol. The standard InChI is InChI=1S/C21H17Cl2N3O4/c22-13-3-1-12(2-4-13)20(25-30-11-19(27)28)21(29)26-8-7-15-16-9-14(23)5-6-17(16)24-18(15)10-26/h1-6,9,24H,7-8,10-11H2,(H,27,28)/b25-20+. The van der Waals surface area contributed by atoms with Crippen molar-refractivity contribution in [2.45, 2.75) is 13.0 Å². The number of nitrogens with zero attached hydrogens (tertiary/aromatic N) is 2. The van der Waals surface area contributed by atoms with E-state index in [0.717, 1.165) is 22.2 Å². The Morgan fingerprint density at radius 2 is 1.87 bits per heavy atom. The van der Waals surface area contributed by atoms with Crippen molar-refractivity contribution in [3.05, 3.63) is 69.3 Å². The summed E-state index contributed by atoms with van der Waals surface area (Å²) in [5.41, 5.74) is 3.56. The van der Waals surface area contributed by atoms with Crippen LogP contribution in [0.15, 0.2) is 47.6 Å². The van der Waals surface area contributed by atoms with Gasteiger partial charge in [-0.2, -0.15) is 0 Å². The van der Waals surface area contributed by atoms with E-state index < -0.39 is 12.6 Å². The van der Waals surface area contributed by atoms with Crippen molar-refractivity contribution in [2.24, 2.45) is 5.16 Å². The molecule has 4 rings (SSSR count). The molecule has 0 aliphatic carbocycles. The minimum atomic E-state index is -1.18. The maximum atomic E-state index is 13.2. The fourth-order valence-electron chi connectivity index (χ4n) is 3.51. The molecule has 2 aromatic carbocycles. The van der Waals surface area contributed by atoms with E-state index in [-0.39, 0.29) is 11.6 Å². The number of carbonyl (C=O) groups excluding carboxylic acids is 1. The molecule has 0 unspecified atom stereocenters. The molecule has 9 heteroatoms. The summed E-state index contributed by atoms with van der Waals surface area (Å²) in [6.45, 7) is 0.208. The highest BCUT2D eigenvalue weighted by Crippen LogP contribution is 2.30. The Balaban J connectivity index is 1.62. The van der Waals surface area contributed by atoms with Gasteiger partial charge < -0.3 is 19.8 Å². The number of oxime groups is 1. The molecule has 0 radical (unpaired) electrons. The summed E-state index contributed by atoms with van der Waals surface area (Å²) in [6.07, 6.45) is 0.658. The lowest BCUT2D eigenvalue weighted by Crippen LogP contribution is -2.40. The summed E-state index contributed by atoms with van der Waals surface area (Å²) >= 11 is 12.1. The second kappa shape index (κ2) is 8.38. The second-order valence-corrected chi connectivity index (χ2v) is 7.74. The van der Waals surface area contributed by atoms with Crippen LogP contribution in [0.3, 0.4) is 0 Å². The highest BCUT2D eigenvalue weighted by Gasteiger charge is 2.28.